The van der Waals surface area contributed by atoms with Gasteiger partial charge in [0, 0.05) is 24.2 Å². The van der Waals surface area contributed by atoms with Crippen LogP contribution in [0, 0.1) is 11.7 Å². The second kappa shape index (κ2) is 9.99. The Hall–Kier alpha value is -3.93. The lowest BCUT2D eigenvalue weighted by Gasteiger charge is -2.36. The molecule has 5 rings (SSSR count). The summed E-state index contributed by atoms with van der Waals surface area (Å²) in [5, 5.41) is 12.8. The average molecular weight is 546 g/mol. The van der Waals surface area contributed by atoms with Gasteiger partial charge in [0.15, 0.2) is 0 Å². The van der Waals surface area contributed by atoms with E-state index >= 15 is 0 Å². The first-order valence-electron chi connectivity index (χ1n) is 12.6. The van der Waals surface area contributed by atoms with Crippen molar-refractivity contribution >= 4 is 16.9 Å². The summed E-state index contributed by atoms with van der Waals surface area (Å²) in [5.74, 6) is -1.41. The number of imidazole rings is 1. The smallest absolute Gasteiger partial charge is 0.373 e. The first kappa shape index (κ1) is 26.7. The highest BCUT2D eigenvalue weighted by atomic mass is 19.4. The van der Waals surface area contributed by atoms with Crippen molar-refractivity contribution in [2.75, 3.05) is 13.1 Å². The van der Waals surface area contributed by atoms with Crippen molar-refractivity contribution in [3.63, 3.8) is 0 Å². The molecule has 2 aromatic carbocycles. The van der Waals surface area contributed by atoms with Gasteiger partial charge in [-0.25, -0.2) is 9.37 Å². The number of carbonyl (C=O) groups is 1. The van der Waals surface area contributed by atoms with Crippen molar-refractivity contribution in [3.05, 3.63) is 70.3 Å². The predicted molar refractivity (Wildman–Crippen MR) is 136 cm³/mol. The normalized spacial score (nSPS) is 16.5. The van der Waals surface area contributed by atoms with Crippen LogP contribution in [0.3, 0.4) is 0 Å². The Morgan fingerprint density at radius 3 is 2.41 bits per heavy atom. The van der Waals surface area contributed by atoms with E-state index in [-0.39, 0.29) is 24.6 Å². The van der Waals surface area contributed by atoms with Crippen LogP contribution in [-0.4, -0.2) is 60.5 Å². The molecule has 39 heavy (non-hydrogen) atoms. The van der Waals surface area contributed by atoms with Gasteiger partial charge in [-0.05, 0) is 74.9 Å². The molecule has 0 spiro atoms. The van der Waals surface area contributed by atoms with E-state index in [1.807, 2.05) is 24.3 Å². The molecule has 4 aromatic rings. The SMILES string of the molecule is C[C@@](O)(C(=O)N1CCC(CCc2c(-c3ccc(F)cc3)[nH]n(-c3nc4ccccc4[nH]3)c2=O)CC1)C(F)(F)F. The quantitative estimate of drug-likeness (QED) is 0.314. The zero-order valence-electron chi connectivity index (χ0n) is 21.1. The molecule has 0 bridgehead atoms. The number of H-pyrrole nitrogens is 2. The number of likely N-dealkylation sites (tertiary alicyclic amines) is 1. The molecule has 0 saturated carbocycles. The van der Waals surface area contributed by atoms with Gasteiger partial charge in [-0.15, -0.1) is 0 Å². The fourth-order valence-corrected chi connectivity index (χ4v) is 4.96. The molecule has 206 valence electrons. The number of aromatic nitrogens is 4. The Labute approximate surface area is 220 Å². The number of hydrogen-bond donors (Lipinski definition) is 3. The first-order valence-corrected chi connectivity index (χ1v) is 12.6. The summed E-state index contributed by atoms with van der Waals surface area (Å²) in [6.07, 6.45) is -3.28. The predicted octanol–water partition coefficient (Wildman–Crippen LogP) is 4.33. The van der Waals surface area contributed by atoms with E-state index in [0.29, 0.717) is 60.9 Å². The minimum absolute atomic E-state index is 0.0555. The van der Waals surface area contributed by atoms with E-state index in [1.165, 1.54) is 16.8 Å². The molecule has 12 heteroatoms. The van der Waals surface area contributed by atoms with E-state index in [1.54, 1.807) is 12.1 Å². The molecule has 0 unspecified atom stereocenters. The van der Waals surface area contributed by atoms with Crippen LogP contribution < -0.4 is 5.56 Å². The van der Waals surface area contributed by atoms with Gasteiger partial charge in [-0.1, -0.05) is 12.1 Å². The van der Waals surface area contributed by atoms with Crippen LogP contribution in [0.25, 0.3) is 28.2 Å². The van der Waals surface area contributed by atoms with Gasteiger partial charge in [-0.3, -0.25) is 14.7 Å². The van der Waals surface area contributed by atoms with Crippen LogP contribution in [0.1, 0.15) is 31.7 Å². The molecule has 3 N–H and O–H groups in total. The number of aromatic amines is 2. The lowest BCUT2D eigenvalue weighted by atomic mass is 9.89. The van der Waals surface area contributed by atoms with Crippen LogP contribution >= 0.6 is 0 Å². The standard InChI is InChI=1S/C27H27F4N5O3/c1-26(39,27(29,30)31)24(38)35-14-12-16(13-15-35)6-11-19-22(17-7-9-18(28)10-8-17)34-36(23(19)37)25-32-20-4-2-3-5-21(20)33-25/h2-5,7-10,16,34,39H,6,11-15H2,1H3,(H,32,33)/t26-/m1/s1. The number of nitrogens with zero attached hydrogens (tertiary/aromatic N) is 3. The van der Waals surface area contributed by atoms with Gasteiger partial charge < -0.3 is 15.0 Å². The van der Waals surface area contributed by atoms with Crippen LogP contribution in [-0.2, 0) is 11.2 Å². The highest BCUT2D eigenvalue weighted by molar-refractivity contribution is 5.85. The van der Waals surface area contributed by atoms with Crippen molar-refractivity contribution in [3.8, 4) is 17.2 Å². The third-order valence-corrected chi connectivity index (χ3v) is 7.38. The van der Waals surface area contributed by atoms with Gasteiger partial charge in [0.2, 0.25) is 11.5 Å². The summed E-state index contributed by atoms with van der Waals surface area (Å²) in [5.41, 5.74) is -0.698. The minimum atomic E-state index is -5.06. The van der Waals surface area contributed by atoms with Crippen molar-refractivity contribution in [2.24, 2.45) is 5.92 Å². The van der Waals surface area contributed by atoms with Gasteiger partial charge in [0.25, 0.3) is 11.5 Å². The summed E-state index contributed by atoms with van der Waals surface area (Å²) in [6, 6.07) is 13.1. The summed E-state index contributed by atoms with van der Waals surface area (Å²) in [4.78, 5) is 34.5. The lowest BCUT2D eigenvalue weighted by molar-refractivity contribution is -0.250. The number of rotatable bonds is 6. The number of fused-ring (bicyclic) bond motifs is 1. The molecule has 1 saturated heterocycles. The maximum Gasteiger partial charge on any atom is 0.426 e. The van der Waals surface area contributed by atoms with Crippen molar-refractivity contribution in [2.45, 2.75) is 44.4 Å². The zero-order valence-corrected chi connectivity index (χ0v) is 21.1. The fraction of sp³-hybridized carbons (Fsp3) is 0.370. The molecule has 1 aliphatic rings. The summed E-state index contributed by atoms with van der Waals surface area (Å²) < 4.78 is 54.2. The Kier molecular flexibility index (Phi) is 6.83. The number of hydrogen-bond acceptors (Lipinski definition) is 4. The highest BCUT2D eigenvalue weighted by Gasteiger charge is 2.57. The molecule has 2 aromatic heterocycles. The molecule has 1 fully saturated rings. The molecule has 1 aliphatic heterocycles. The van der Waals surface area contributed by atoms with Gasteiger partial charge in [-0.2, -0.15) is 17.9 Å². The van der Waals surface area contributed by atoms with E-state index in [9.17, 15) is 32.3 Å². The number of amides is 1. The fourth-order valence-electron chi connectivity index (χ4n) is 4.96. The molecule has 0 aliphatic carbocycles. The van der Waals surface area contributed by atoms with E-state index < -0.39 is 23.5 Å². The number of halogens is 4. The summed E-state index contributed by atoms with van der Waals surface area (Å²) in [7, 11) is 0. The van der Waals surface area contributed by atoms with E-state index in [0.717, 1.165) is 10.4 Å². The second-order valence-electron chi connectivity index (χ2n) is 10.0. The van der Waals surface area contributed by atoms with Crippen molar-refractivity contribution in [1.82, 2.24) is 24.6 Å². The number of nitrogens with one attached hydrogen (secondary N) is 2. The van der Waals surface area contributed by atoms with E-state index in [4.69, 9.17) is 0 Å². The summed E-state index contributed by atoms with van der Waals surface area (Å²) >= 11 is 0. The molecule has 0 radical (unpaired) electrons. The van der Waals surface area contributed by atoms with Gasteiger partial charge in [0.05, 0.1) is 16.7 Å². The topological polar surface area (TPSA) is 107 Å². The van der Waals surface area contributed by atoms with Crippen LogP contribution in [0.5, 0.6) is 0 Å². The maximum atomic E-state index is 13.6. The zero-order chi connectivity index (χ0) is 27.9. The van der Waals surface area contributed by atoms with Crippen molar-refractivity contribution < 1.29 is 27.5 Å². The number of para-hydroxylation sites is 2. The molecule has 1 amide bonds. The largest absolute Gasteiger partial charge is 0.426 e. The van der Waals surface area contributed by atoms with Crippen LogP contribution in [0.2, 0.25) is 0 Å². The molecule has 1 atom stereocenters. The van der Waals surface area contributed by atoms with Gasteiger partial charge in [0.1, 0.15) is 5.82 Å². The lowest BCUT2D eigenvalue weighted by Crippen LogP contribution is -2.57. The number of carbonyl (C=O) groups excluding carboxylic acids is 1. The minimum Gasteiger partial charge on any atom is -0.373 e. The molecular formula is C27H27F4N5O3. The third kappa shape index (κ3) is 5.08. The van der Waals surface area contributed by atoms with Gasteiger partial charge >= 0.3 is 6.18 Å². The monoisotopic (exact) mass is 545 g/mol. The number of piperidine rings is 1. The Balaban J connectivity index is 1.36. The molecule has 8 nitrogen and oxygen atoms in total. The number of alkyl halides is 3. The Bertz CT molecular complexity index is 1510. The Morgan fingerprint density at radius 2 is 1.77 bits per heavy atom. The Morgan fingerprint density at radius 1 is 1.10 bits per heavy atom. The third-order valence-electron chi connectivity index (χ3n) is 7.38. The van der Waals surface area contributed by atoms with E-state index in [2.05, 4.69) is 15.1 Å². The molecular weight excluding hydrogens is 518 g/mol. The van der Waals surface area contributed by atoms with Crippen LogP contribution in [0.15, 0.2) is 53.3 Å². The first-order chi connectivity index (χ1) is 18.5. The van der Waals surface area contributed by atoms with Crippen molar-refractivity contribution in [1.29, 1.82) is 0 Å². The number of aliphatic hydroxyl groups is 1. The second-order valence-corrected chi connectivity index (χ2v) is 10.0. The average Bonchev–Trinajstić information content (AvgIpc) is 3.48. The highest BCUT2D eigenvalue weighted by Crippen LogP contribution is 2.33. The molecule has 3 heterocycles. The number of benzene rings is 2. The maximum absolute atomic E-state index is 13.6. The summed E-state index contributed by atoms with van der Waals surface area (Å²) in [6.45, 7) is 0.630. The van der Waals surface area contributed by atoms with Crippen LogP contribution in [0.4, 0.5) is 17.6 Å².